The molecule has 0 unspecified atom stereocenters. The predicted octanol–water partition coefficient (Wildman–Crippen LogP) is 1.89. The van der Waals surface area contributed by atoms with Crippen molar-refractivity contribution in [2.24, 2.45) is 0 Å². The molecular weight excluding hydrogens is 348 g/mol. The number of hydrogen-bond acceptors (Lipinski definition) is 7. The lowest BCUT2D eigenvalue weighted by atomic mass is 10.2. The second kappa shape index (κ2) is 7.52. The second-order valence-electron chi connectivity index (χ2n) is 5.41. The van der Waals surface area contributed by atoms with Crippen molar-refractivity contribution in [1.82, 2.24) is 9.80 Å². The zero-order valence-corrected chi connectivity index (χ0v) is 14.9. The quantitative estimate of drug-likeness (QED) is 0.645. The number of thiocarbonyl (C=S) groups is 1. The van der Waals surface area contributed by atoms with Crippen molar-refractivity contribution in [3.63, 3.8) is 0 Å². The first-order valence-corrected chi connectivity index (χ1v) is 8.73. The van der Waals surface area contributed by atoms with E-state index in [0.717, 1.165) is 18.7 Å². The van der Waals surface area contributed by atoms with Gasteiger partial charge in [0.25, 0.3) is 5.91 Å². The Hall–Kier alpha value is -1.61. The highest BCUT2D eigenvalue weighted by Gasteiger charge is 2.33. The van der Waals surface area contributed by atoms with Gasteiger partial charge in [0.05, 0.1) is 31.9 Å². The minimum absolute atomic E-state index is 0.0644. The molecule has 8 heteroatoms. The molecule has 1 aromatic carbocycles. The fraction of sp³-hybridized carbons (Fsp3) is 0.375. The Labute approximate surface area is 150 Å². The third-order valence-corrected chi connectivity index (χ3v) is 5.20. The number of benzene rings is 1. The SMILES string of the molecule is COc1cc(C=C2SC(=S)N(CN3CCOCC3)C2=O)ccc1O. The van der Waals surface area contributed by atoms with E-state index in [0.29, 0.717) is 34.9 Å². The summed E-state index contributed by atoms with van der Waals surface area (Å²) in [5.41, 5.74) is 0.775. The number of methoxy groups -OCH3 is 1. The minimum atomic E-state index is -0.0940. The van der Waals surface area contributed by atoms with E-state index < -0.39 is 0 Å². The molecule has 0 aromatic heterocycles. The van der Waals surface area contributed by atoms with Gasteiger partial charge in [0, 0.05) is 13.1 Å². The summed E-state index contributed by atoms with van der Waals surface area (Å²) >= 11 is 6.64. The van der Waals surface area contributed by atoms with Crippen LogP contribution in [0.3, 0.4) is 0 Å². The van der Waals surface area contributed by atoms with Crippen LogP contribution in [0.5, 0.6) is 11.5 Å². The molecule has 128 valence electrons. The second-order valence-corrected chi connectivity index (χ2v) is 7.09. The Morgan fingerprint density at radius 2 is 2.17 bits per heavy atom. The molecule has 0 aliphatic carbocycles. The number of hydrogen-bond donors (Lipinski definition) is 1. The molecule has 3 rings (SSSR count). The van der Waals surface area contributed by atoms with Crippen LogP contribution in [-0.2, 0) is 9.53 Å². The average molecular weight is 366 g/mol. The Balaban J connectivity index is 1.75. The normalized spacial score (nSPS) is 20.9. The standard InChI is InChI=1S/C16H18N2O4S2/c1-21-13-8-11(2-3-12(13)19)9-14-15(20)18(16(23)24-14)10-17-4-6-22-7-5-17/h2-3,8-9,19H,4-7,10H2,1H3. The molecule has 2 heterocycles. The smallest absolute Gasteiger partial charge is 0.267 e. The topological polar surface area (TPSA) is 62.2 Å². The van der Waals surface area contributed by atoms with Gasteiger partial charge in [-0.1, -0.05) is 30.0 Å². The van der Waals surface area contributed by atoms with Gasteiger partial charge in [-0.2, -0.15) is 0 Å². The molecule has 0 bridgehead atoms. The summed E-state index contributed by atoms with van der Waals surface area (Å²) in [6.45, 7) is 3.44. The maximum Gasteiger partial charge on any atom is 0.267 e. The third-order valence-electron chi connectivity index (χ3n) is 3.82. The number of phenolic OH excluding ortho intramolecular Hbond substituents is 1. The van der Waals surface area contributed by atoms with Gasteiger partial charge in [-0.3, -0.25) is 14.6 Å². The molecule has 0 atom stereocenters. The Morgan fingerprint density at radius 3 is 2.88 bits per heavy atom. The molecule has 6 nitrogen and oxygen atoms in total. The van der Waals surface area contributed by atoms with Crippen molar-refractivity contribution in [2.75, 3.05) is 40.1 Å². The van der Waals surface area contributed by atoms with E-state index in [4.69, 9.17) is 21.7 Å². The van der Waals surface area contributed by atoms with Crippen LogP contribution in [0.25, 0.3) is 6.08 Å². The maximum absolute atomic E-state index is 12.6. The van der Waals surface area contributed by atoms with Crippen LogP contribution in [-0.4, -0.2) is 65.2 Å². The highest BCUT2D eigenvalue weighted by molar-refractivity contribution is 8.26. The summed E-state index contributed by atoms with van der Waals surface area (Å²) in [6, 6.07) is 4.95. The number of carbonyl (C=O) groups is 1. The van der Waals surface area contributed by atoms with Gasteiger partial charge < -0.3 is 14.6 Å². The van der Waals surface area contributed by atoms with Gasteiger partial charge in [-0.05, 0) is 23.8 Å². The number of amides is 1. The molecule has 0 spiro atoms. The van der Waals surface area contributed by atoms with E-state index in [9.17, 15) is 9.90 Å². The van der Waals surface area contributed by atoms with E-state index in [1.54, 1.807) is 29.2 Å². The van der Waals surface area contributed by atoms with Crippen LogP contribution < -0.4 is 4.74 Å². The van der Waals surface area contributed by atoms with Crippen molar-refractivity contribution < 1.29 is 19.4 Å². The molecule has 2 saturated heterocycles. The van der Waals surface area contributed by atoms with E-state index in [-0.39, 0.29) is 11.7 Å². The molecule has 0 radical (unpaired) electrons. The molecule has 2 aliphatic rings. The molecule has 0 saturated carbocycles. The number of phenols is 1. The Bertz CT molecular complexity index is 687. The largest absolute Gasteiger partial charge is 0.504 e. The van der Waals surface area contributed by atoms with Crippen molar-refractivity contribution in [3.05, 3.63) is 28.7 Å². The molecule has 1 amide bonds. The summed E-state index contributed by atoms with van der Waals surface area (Å²) < 4.78 is 11.0. The van der Waals surface area contributed by atoms with E-state index in [2.05, 4.69) is 4.90 Å². The lowest BCUT2D eigenvalue weighted by molar-refractivity contribution is -0.124. The summed E-state index contributed by atoms with van der Waals surface area (Å²) in [5.74, 6) is 0.339. The van der Waals surface area contributed by atoms with Crippen LogP contribution >= 0.6 is 24.0 Å². The number of carbonyl (C=O) groups excluding carboxylic acids is 1. The third kappa shape index (κ3) is 3.72. The zero-order chi connectivity index (χ0) is 17.1. The van der Waals surface area contributed by atoms with Crippen LogP contribution in [0.15, 0.2) is 23.1 Å². The lowest BCUT2D eigenvalue weighted by Gasteiger charge is -2.29. The van der Waals surface area contributed by atoms with Crippen molar-refractivity contribution >= 4 is 40.3 Å². The van der Waals surface area contributed by atoms with E-state index in [1.165, 1.54) is 18.9 Å². The van der Waals surface area contributed by atoms with Gasteiger partial charge in [-0.25, -0.2) is 0 Å². The number of thioether (sulfide) groups is 1. The van der Waals surface area contributed by atoms with Gasteiger partial charge in [0.2, 0.25) is 0 Å². The fourth-order valence-electron chi connectivity index (χ4n) is 2.50. The molecule has 2 aliphatic heterocycles. The number of rotatable bonds is 4. The minimum Gasteiger partial charge on any atom is -0.504 e. The van der Waals surface area contributed by atoms with Crippen molar-refractivity contribution in [3.8, 4) is 11.5 Å². The van der Waals surface area contributed by atoms with E-state index >= 15 is 0 Å². The van der Waals surface area contributed by atoms with E-state index in [1.807, 2.05) is 0 Å². The monoisotopic (exact) mass is 366 g/mol. The number of nitrogens with zero attached hydrogens (tertiary/aromatic N) is 2. The molecule has 24 heavy (non-hydrogen) atoms. The average Bonchev–Trinajstić information content (AvgIpc) is 2.85. The van der Waals surface area contributed by atoms with Crippen molar-refractivity contribution in [1.29, 1.82) is 0 Å². The zero-order valence-electron chi connectivity index (χ0n) is 13.2. The molecule has 2 fully saturated rings. The Morgan fingerprint density at radius 1 is 1.42 bits per heavy atom. The van der Waals surface area contributed by atoms with Crippen LogP contribution in [0.4, 0.5) is 0 Å². The number of ether oxygens (including phenoxy) is 2. The van der Waals surface area contributed by atoms with Gasteiger partial charge >= 0.3 is 0 Å². The summed E-state index contributed by atoms with van der Waals surface area (Å²) in [7, 11) is 1.49. The van der Waals surface area contributed by atoms with Crippen LogP contribution in [0.2, 0.25) is 0 Å². The molecule has 1 aromatic rings. The highest BCUT2D eigenvalue weighted by Crippen LogP contribution is 2.34. The van der Waals surface area contributed by atoms with Crippen LogP contribution in [0, 0.1) is 0 Å². The number of morpholine rings is 1. The summed E-state index contributed by atoms with van der Waals surface area (Å²) in [6.07, 6.45) is 1.76. The van der Waals surface area contributed by atoms with Gasteiger partial charge in [-0.15, -0.1) is 0 Å². The first-order valence-electron chi connectivity index (χ1n) is 7.51. The summed E-state index contributed by atoms with van der Waals surface area (Å²) in [4.78, 5) is 17.0. The van der Waals surface area contributed by atoms with Crippen LogP contribution in [0.1, 0.15) is 5.56 Å². The van der Waals surface area contributed by atoms with Gasteiger partial charge in [0.15, 0.2) is 11.5 Å². The lowest BCUT2D eigenvalue weighted by Crippen LogP contribution is -2.45. The molecular formula is C16H18N2O4S2. The molecule has 1 N–H and O–H groups in total. The predicted molar refractivity (Wildman–Crippen MR) is 96.9 cm³/mol. The number of aromatic hydroxyl groups is 1. The van der Waals surface area contributed by atoms with Crippen molar-refractivity contribution in [2.45, 2.75) is 0 Å². The van der Waals surface area contributed by atoms with Gasteiger partial charge in [0.1, 0.15) is 4.32 Å². The first kappa shape index (κ1) is 17.2. The summed E-state index contributed by atoms with van der Waals surface area (Å²) in [5, 5.41) is 9.65. The Kier molecular flexibility index (Phi) is 5.40. The maximum atomic E-state index is 12.6. The highest BCUT2D eigenvalue weighted by atomic mass is 32.2. The fourth-order valence-corrected chi connectivity index (χ4v) is 3.74. The first-order chi connectivity index (χ1) is 11.6.